The number of hydrogen-bond acceptors (Lipinski definition) is 6. The Morgan fingerprint density at radius 2 is 1.70 bits per heavy atom. The van der Waals surface area contributed by atoms with E-state index in [0.717, 1.165) is 6.07 Å². The first kappa shape index (κ1) is 18.7. The van der Waals surface area contributed by atoms with Gasteiger partial charge in [0.2, 0.25) is 0 Å². The largest absolute Gasteiger partial charge is 0.493 e. The van der Waals surface area contributed by atoms with Gasteiger partial charge in [-0.3, -0.25) is 9.71 Å². The molecule has 0 aliphatic rings. The van der Waals surface area contributed by atoms with Gasteiger partial charge in [-0.15, -0.1) is 0 Å². The molecule has 27 heavy (non-hydrogen) atoms. The summed E-state index contributed by atoms with van der Waals surface area (Å²) in [5, 5.41) is 5.46. The maximum Gasteiger partial charge on any atom is 0.296 e. The Morgan fingerprint density at radius 3 is 2.33 bits per heavy atom. The van der Waals surface area contributed by atoms with Crippen molar-refractivity contribution >= 4 is 26.8 Å². The van der Waals surface area contributed by atoms with E-state index in [1.165, 1.54) is 32.5 Å². The molecule has 0 spiro atoms. The van der Waals surface area contributed by atoms with E-state index in [4.69, 9.17) is 19.3 Å². The molecule has 0 atom stereocenters. The molecule has 0 saturated heterocycles. The van der Waals surface area contributed by atoms with Crippen LogP contribution in [0.5, 0.6) is 23.0 Å². The first-order valence-electron chi connectivity index (χ1n) is 7.59. The van der Waals surface area contributed by atoms with Gasteiger partial charge in [-0.05, 0) is 24.3 Å². The van der Waals surface area contributed by atoms with Crippen molar-refractivity contribution in [1.29, 1.82) is 0 Å². The average Bonchev–Trinajstić information content (AvgIpc) is 2.61. The molecule has 0 unspecified atom stereocenters. The highest BCUT2D eigenvalue weighted by Gasteiger charge is 2.14. The lowest BCUT2D eigenvalue weighted by molar-refractivity contribution is 0.355. The quantitative estimate of drug-likeness (QED) is 0.666. The van der Waals surface area contributed by atoms with E-state index in [-0.39, 0.29) is 11.4 Å². The highest BCUT2D eigenvalue weighted by atomic mass is 32.2. The topological polar surface area (TPSA) is 113 Å². The Morgan fingerprint density at radius 1 is 1.00 bits per heavy atom. The fourth-order valence-corrected chi connectivity index (χ4v) is 2.92. The van der Waals surface area contributed by atoms with Crippen LogP contribution in [0.2, 0.25) is 0 Å². The van der Waals surface area contributed by atoms with Gasteiger partial charge >= 0.3 is 0 Å². The van der Waals surface area contributed by atoms with Crippen molar-refractivity contribution in [3.8, 4) is 23.0 Å². The van der Waals surface area contributed by atoms with E-state index < -0.39 is 16.0 Å². The smallest absolute Gasteiger partial charge is 0.296 e. The van der Waals surface area contributed by atoms with E-state index in [9.17, 15) is 12.8 Å². The maximum atomic E-state index is 14.3. The Kier molecular flexibility index (Phi) is 5.02. The number of halogens is 1. The summed E-state index contributed by atoms with van der Waals surface area (Å²) in [6, 6.07) is 8.50. The predicted octanol–water partition coefficient (Wildman–Crippen LogP) is 2.80. The van der Waals surface area contributed by atoms with Gasteiger partial charge in [0, 0.05) is 23.7 Å². The number of benzene rings is 2. The number of nitrogens with zero attached hydrogens (tertiary/aromatic N) is 1. The monoisotopic (exact) mass is 393 g/mol. The molecule has 10 heteroatoms. The summed E-state index contributed by atoms with van der Waals surface area (Å²) in [6.45, 7) is 0. The number of anilines is 1. The summed E-state index contributed by atoms with van der Waals surface area (Å²) < 4.78 is 54.5. The van der Waals surface area contributed by atoms with Crippen LogP contribution >= 0.6 is 0 Å². The van der Waals surface area contributed by atoms with Crippen LogP contribution in [0.15, 0.2) is 42.6 Å². The molecule has 0 radical (unpaired) electrons. The number of nitrogens with one attached hydrogen (secondary N) is 1. The number of ether oxygens (including phenoxy) is 3. The van der Waals surface area contributed by atoms with Crippen LogP contribution < -0.4 is 24.1 Å². The first-order valence-corrected chi connectivity index (χ1v) is 9.14. The minimum absolute atomic E-state index is 0.0201. The molecular weight excluding hydrogens is 377 g/mol. The fraction of sp³-hybridized carbons (Fsp3) is 0.118. The Hall–Kier alpha value is -3.11. The number of fused-ring (bicyclic) bond motifs is 1. The van der Waals surface area contributed by atoms with Gasteiger partial charge in [-0.1, -0.05) is 0 Å². The van der Waals surface area contributed by atoms with Crippen molar-refractivity contribution in [2.45, 2.75) is 0 Å². The highest BCUT2D eigenvalue weighted by molar-refractivity contribution is 7.90. The van der Waals surface area contributed by atoms with Gasteiger partial charge in [-0.25, -0.2) is 9.53 Å². The highest BCUT2D eigenvalue weighted by Crippen LogP contribution is 2.37. The second-order valence-electron chi connectivity index (χ2n) is 5.43. The molecule has 3 rings (SSSR count). The average molecular weight is 393 g/mol. The van der Waals surface area contributed by atoms with Gasteiger partial charge in [0.25, 0.3) is 10.2 Å². The third-order valence-electron chi connectivity index (χ3n) is 3.62. The molecule has 0 amide bonds. The van der Waals surface area contributed by atoms with Crippen molar-refractivity contribution in [2.24, 2.45) is 5.14 Å². The van der Waals surface area contributed by atoms with Crippen LogP contribution in [0.1, 0.15) is 0 Å². The van der Waals surface area contributed by atoms with Gasteiger partial charge in [0.15, 0.2) is 23.1 Å². The molecule has 2 aromatic carbocycles. The summed E-state index contributed by atoms with van der Waals surface area (Å²) in [5.74, 6) is 0.439. The molecular formula is C17H16FN3O5S. The van der Waals surface area contributed by atoms with Crippen molar-refractivity contribution in [2.75, 3.05) is 18.9 Å². The van der Waals surface area contributed by atoms with Crippen LogP contribution in [0, 0.1) is 5.82 Å². The van der Waals surface area contributed by atoms with E-state index in [2.05, 4.69) is 4.98 Å². The van der Waals surface area contributed by atoms with Gasteiger partial charge < -0.3 is 14.2 Å². The number of pyridine rings is 1. The van der Waals surface area contributed by atoms with Crippen molar-refractivity contribution in [1.82, 2.24) is 4.98 Å². The van der Waals surface area contributed by atoms with Crippen LogP contribution in [-0.2, 0) is 10.2 Å². The van der Waals surface area contributed by atoms with Crippen molar-refractivity contribution < 1.29 is 27.0 Å². The third kappa shape index (κ3) is 4.18. The first-order chi connectivity index (χ1) is 12.8. The second kappa shape index (κ2) is 7.25. The summed E-state index contributed by atoms with van der Waals surface area (Å²) in [7, 11) is -0.992. The third-order valence-corrected chi connectivity index (χ3v) is 4.14. The zero-order chi connectivity index (χ0) is 19.6. The van der Waals surface area contributed by atoms with Crippen LogP contribution in [0.4, 0.5) is 10.1 Å². The van der Waals surface area contributed by atoms with Gasteiger partial charge in [-0.2, -0.15) is 8.42 Å². The Labute approximate surface area is 154 Å². The number of rotatable bonds is 6. The SMILES string of the molecule is COc1cc2nccc(Oc3ccc(NS(N)(=O)=O)cc3F)c2cc1OC. The fourth-order valence-electron chi connectivity index (χ4n) is 2.47. The van der Waals surface area contributed by atoms with E-state index in [0.29, 0.717) is 28.2 Å². The van der Waals surface area contributed by atoms with E-state index in [1.807, 2.05) is 4.72 Å². The minimum Gasteiger partial charge on any atom is -0.493 e. The predicted molar refractivity (Wildman–Crippen MR) is 98.1 cm³/mol. The van der Waals surface area contributed by atoms with Crippen molar-refractivity contribution in [3.05, 3.63) is 48.4 Å². The summed E-state index contributed by atoms with van der Waals surface area (Å²) in [6.07, 6.45) is 1.51. The Bertz CT molecular complexity index is 1110. The molecule has 3 aromatic rings. The lowest BCUT2D eigenvalue weighted by Gasteiger charge is -2.13. The molecule has 0 fully saturated rings. The summed E-state index contributed by atoms with van der Waals surface area (Å²) >= 11 is 0. The second-order valence-corrected chi connectivity index (χ2v) is 6.72. The standard InChI is InChI=1S/C17H16FN3O5S/c1-24-16-8-11-13(9-17(16)25-2)20-6-5-14(11)26-15-4-3-10(7-12(15)18)21-27(19,22)23/h3-9,21H,1-2H3,(H2,19,22,23). The molecule has 142 valence electrons. The molecule has 0 saturated carbocycles. The molecule has 0 bridgehead atoms. The maximum absolute atomic E-state index is 14.3. The van der Waals surface area contributed by atoms with E-state index in [1.54, 1.807) is 18.2 Å². The molecule has 0 aliphatic heterocycles. The zero-order valence-electron chi connectivity index (χ0n) is 14.4. The summed E-state index contributed by atoms with van der Waals surface area (Å²) in [4.78, 5) is 4.24. The van der Waals surface area contributed by atoms with Gasteiger partial charge in [0.05, 0.1) is 25.4 Å². The Balaban J connectivity index is 1.99. The molecule has 8 nitrogen and oxygen atoms in total. The summed E-state index contributed by atoms with van der Waals surface area (Å²) in [5.41, 5.74) is 0.548. The molecule has 0 aliphatic carbocycles. The van der Waals surface area contributed by atoms with Crippen LogP contribution in [0.3, 0.4) is 0 Å². The van der Waals surface area contributed by atoms with Crippen molar-refractivity contribution in [3.63, 3.8) is 0 Å². The molecule has 3 N–H and O–H groups in total. The minimum atomic E-state index is -4.00. The number of aromatic nitrogens is 1. The molecule has 1 heterocycles. The normalized spacial score (nSPS) is 11.3. The lowest BCUT2D eigenvalue weighted by Crippen LogP contribution is -2.21. The number of methoxy groups -OCH3 is 2. The van der Waals surface area contributed by atoms with Crippen LogP contribution in [-0.4, -0.2) is 27.6 Å². The zero-order valence-corrected chi connectivity index (χ0v) is 15.2. The number of nitrogens with two attached hydrogens (primary N) is 1. The molecule has 1 aromatic heterocycles. The number of hydrogen-bond donors (Lipinski definition) is 2. The van der Waals surface area contributed by atoms with E-state index >= 15 is 0 Å². The lowest BCUT2D eigenvalue weighted by atomic mass is 10.2. The van der Waals surface area contributed by atoms with Crippen LogP contribution in [0.25, 0.3) is 10.9 Å². The van der Waals surface area contributed by atoms with Gasteiger partial charge in [0.1, 0.15) is 5.75 Å².